The number of amides is 1. The Kier molecular flexibility index (Phi) is 5.53. The van der Waals surface area contributed by atoms with E-state index in [9.17, 15) is 9.18 Å². The molecule has 128 valence electrons. The number of ether oxygens (including phenoxy) is 1. The number of hydrogen-bond acceptors (Lipinski definition) is 4. The summed E-state index contributed by atoms with van der Waals surface area (Å²) >= 11 is 1.39. The minimum absolute atomic E-state index is 0.231. The molecule has 0 aliphatic rings. The van der Waals surface area contributed by atoms with Crippen molar-refractivity contribution in [1.82, 2.24) is 4.98 Å². The molecule has 1 amide bonds. The van der Waals surface area contributed by atoms with Crippen LogP contribution in [0, 0.1) is 5.82 Å². The summed E-state index contributed by atoms with van der Waals surface area (Å²) in [5.41, 5.74) is 2.22. The predicted molar refractivity (Wildman–Crippen MR) is 97.5 cm³/mol. The van der Waals surface area contributed by atoms with Crippen LogP contribution in [0.15, 0.2) is 60.0 Å². The first-order chi connectivity index (χ1) is 12.2. The van der Waals surface area contributed by atoms with Crippen molar-refractivity contribution in [1.29, 1.82) is 0 Å². The number of benzene rings is 2. The van der Waals surface area contributed by atoms with Crippen molar-refractivity contribution in [3.63, 3.8) is 0 Å². The van der Waals surface area contributed by atoms with Gasteiger partial charge in [-0.05, 0) is 24.3 Å². The Labute approximate surface area is 149 Å². The summed E-state index contributed by atoms with van der Waals surface area (Å²) in [6.45, 7) is 0.752. The summed E-state index contributed by atoms with van der Waals surface area (Å²) in [5.74, 6) is -0.605. The first kappa shape index (κ1) is 17.3. The van der Waals surface area contributed by atoms with Gasteiger partial charge in [0.25, 0.3) is 5.91 Å². The molecule has 0 N–H and O–H groups in total. The maximum absolute atomic E-state index is 13.1. The third-order valence-electron chi connectivity index (χ3n) is 3.65. The molecule has 0 spiro atoms. The SMILES string of the molecule is COCCN(C(=O)c1ccc(F)cc1)c1nc(-c2ccccc2)cs1. The maximum atomic E-state index is 13.1. The van der Waals surface area contributed by atoms with E-state index in [1.165, 1.54) is 35.6 Å². The molecule has 0 aliphatic carbocycles. The summed E-state index contributed by atoms with van der Waals surface area (Å²) in [6, 6.07) is 15.3. The monoisotopic (exact) mass is 356 g/mol. The molecular formula is C19H17FN2O2S. The number of anilines is 1. The van der Waals surface area contributed by atoms with E-state index < -0.39 is 0 Å². The van der Waals surface area contributed by atoms with E-state index in [1.54, 1.807) is 12.0 Å². The summed E-state index contributed by atoms with van der Waals surface area (Å²) in [6.07, 6.45) is 0. The zero-order chi connectivity index (χ0) is 17.6. The number of carbonyl (C=O) groups is 1. The molecule has 1 heterocycles. The van der Waals surface area contributed by atoms with Gasteiger partial charge in [-0.25, -0.2) is 9.37 Å². The lowest BCUT2D eigenvalue weighted by Crippen LogP contribution is -2.33. The second-order valence-corrected chi connectivity index (χ2v) is 6.17. The van der Waals surface area contributed by atoms with Crippen molar-refractivity contribution in [2.75, 3.05) is 25.2 Å². The predicted octanol–water partition coefficient (Wildman–Crippen LogP) is 4.24. The van der Waals surface area contributed by atoms with Crippen LogP contribution in [0.1, 0.15) is 10.4 Å². The van der Waals surface area contributed by atoms with Gasteiger partial charge in [0.05, 0.1) is 18.8 Å². The summed E-state index contributed by atoms with van der Waals surface area (Å²) < 4.78 is 18.2. The van der Waals surface area contributed by atoms with Crippen LogP contribution in [0.3, 0.4) is 0 Å². The fourth-order valence-electron chi connectivity index (χ4n) is 2.34. The van der Waals surface area contributed by atoms with E-state index >= 15 is 0 Å². The Bertz CT molecular complexity index is 834. The molecule has 4 nitrogen and oxygen atoms in total. The quantitative estimate of drug-likeness (QED) is 0.663. The zero-order valence-corrected chi connectivity index (χ0v) is 14.5. The fraction of sp³-hybridized carbons (Fsp3) is 0.158. The Hall–Kier alpha value is -2.57. The highest BCUT2D eigenvalue weighted by molar-refractivity contribution is 7.14. The largest absolute Gasteiger partial charge is 0.383 e. The zero-order valence-electron chi connectivity index (χ0n) is 13.7. The number of carbonyl (C=O) groups excluding carboxylic acids is 1. The van der Waals surface area contributed by atoms with Crippen LogP contribution < -0.4 is 4.90 Å². The third-order valence-corrected chi connectivity index (χ3v) is 4.51. The van der Waals surface area contributed by atoms with Gasteiger partial charge in [0, 0.05) is 23.6 Å². The van der Waals surface area contributed by atoms with E-state index in [4.69, 9.17) is 4.74 Å². The number of aromatic nitrogens is 1. The molecule has 0 unspecified atom stereocenters. The van der Waals surface area contributed by atoms with E-state index in [-0.39, 0.29) is 11.7 Å². The molecule has 1 aromatic heterocycles. The Balaban J connectivity index is 1.89. The van der Waals surface area contributed by atoms with Gasteiger partial charge in [0.1, 0.15) is 5.82 Å². The molecule has 6 heteroatoms. The minimum atomic E-state index is -0.374. The van der Waals surface area contributed by atoms with Gasteiger partial charge in [-0.15, -0.1) is 11.3 Å². The highest BCUT2D eigenvalue weighted by Gasteiger charge is 2.21. The van der Waals surface area contributed by atoms with E-state index in [2.05, 4.69) is 4.98 Å². The highest BCUT2D eigenvalue weighted by atomic mass is 32.1. The maximum Gasteiger partial charge on any atom is 0.260 e. The Morgan fingerprint density at radius 3 is 2.56 bits per heavy atom. The van der Waals surface area contributed by atoms with Gasteiger partial charge in [-0.1, -0.05) is 30.3 Å². The number of nitrogens with zero attached hydrogens (tertiary/aromatic N) is 2. The molecule has 2 aromatic carbocycles. The van der Waals surface area contributed by atoms with Crippen LogP contribution in [0.2, 0.25) is 0 Å². The van der Waals surface area contributed by atoms with Crippen LogP contribution in [0.4, 0.5) is 9.52 Å². The molecule has 0 saturated heterocycles. The van der Waals surface area contributed by atoms with Crippen molar-refractivity contribution >= 4 is 22.4 Å². The Morgan fingerprint density at radius 2 is 1.88 bits per heavy atom. The van der Waals surface area contributed by atoms with Gasteiger partial charge in [0.2, 0.25) is 0 Å². The van der Waals surface area contributed by atoms with Gasteiger partial charge >= 0.3 is 0 Å². The van der Waals surface area contributed by atoms with Gasteiger partial charge in [-0.3, -0.25) is 9.69 Å². The third kappa shape index (κ3) is 4.10. The normalized spacial score (nSPS) is 10.6. The number of thiazole rings is 1. The van der Waals surface area contributed by atoms with Crippen molar-refractivity contribution in [3.8, 4) is 11.3 Å². The molecular weight excluding hydrogens is 339 g/mol. The van der Waals surface area contributed by atoms with Crippen molar-refractivity contribution < 1.29 is 13.9 Å². The van der Waals surface area contributed by atoms with Gasteiger partial charge < -0.3 is 4.74 Å². The number of halogens is 1. The summed E-state index contributed by atoms with van der Waals surface area (Å²) in [7, 11) is 1.58. The fourth-order valence-corrected chi connectivity index (χ4v) is 3.20. The van der Waals surface area contributed by atoms with Crippen molar-refractivity contribution in [2.45, 2.75) is 0 Å². The Morgan fingerprint density at radius 1 is 1.16 bits per heavy atom. The number of hydrogen-bond donors (Lipinski definition) is 0. The second-order valence-electron chi connectivity index (χ2n) is 5.34. The molecule has 3 aromatic rings. The molecule has 0 bridgehead atoms. The lowest BCUT2D eigenvalue weighted by atomic mass is 10.2. The lowest BCUT2D eigenvalue weighted by molar-refractivity contribution is 0.0976. The van der Waals surface area contributed by atoms with Crippen LogP contribution in [-0.2, 0) is 4.74 Å². The van der Waals surface area contributed by atoms with E-state index in [1.807, 2.05) is 35.7 Å². The smallest absolute Gasteiger partial charge is 0.260 e. The van der Waals surface area contributed by atoms with Crippen LogP contribution in [0.25, 0.3) is 11.3 Å². The first-order valence-corrected chi connectivity index (χ1v) is 8.64. The highest BCUT2D eigenvalue weighted by Crippen LogP contribution is 2.28. The minimum Gasteiger partial charge on any atom is -0.383 e. The standard InChI is InChI=1S/C19H17FN2O2S/c1-24-12-11-22(18(23)15-7-9-16(20)10-8-15)19-21-17(13-25-19)14-5-3-2-4-6-14/h2-10,13H,11-12H2,1H3. The second kappa shape index (κ2) is 8.00. The van der Waals surface area contributed by atoms with Crippen LogP contribution >= 0.6 is 11.3 Å². The number of rotatable bonds is 6. The topological polar surface area (TPSA) is 42.4 Å². The molecule has 0 fully saturated rings. The number of methoxy groups -OCH3 is 1. The molecule has 25 heavy (non-hydrogen) atoms. The average Bonchev–Trinajstić information content (AvgIpc) is 3.13. The molecule has 0 radical (unpaired) electrons. The van der Waals surface area contributed by atoms with Gasteiger partial charge in [0.15, 0.2) is 5.13 Å². The van der Waals surface area contributed by atoms with Crippen molar-refractivity contribution in [3.05, 3.63) is 71.4 Å². The van der Waals surface area contributed by atoms with Crippen LogP contribution in [-0.4, -0.2) is 31.2 Å². The molecule has 0 saturated carbocycles. The van der Waals surface area contributed by atoms with Crippen LogP contribution in [0.5, 0.6) is 0 Å². The molecule has 0 atom stereocenters. The first-order valence-electron chi connectivity index (χ1n) is 7.76. The van der Waals surface area contributed by atoms with E-state index in [0.29, 0.717) is 23.8 Å². The van der Waals surface area contributed by atoms with Crippen molar-refractivity contribution in [2.24, 2.45) is 0 Å². The van der Waals surface area contributed by atoms with Gasteiger partial charge in [-0.2, -0.15) is 0 Å². The summed E-state index contributed by atoms with van der Waals surface area (Å²) in [4.78, 5) is 19.0. The summed E-state index contributed by atoms with van der Waals surface area (Å²) in [5, 5.41) is 2.51. The van der Waals surface area contributed by atoms with E-state index in [0.717, 1.165) is 11.3 Å². The molecule has 3 rings (SSSR count). The molecule has 0 aliphatic heterocycles. The average molecular weight is 356 g/mol. The lowest BCUT2D eigenvalue weighted by Gasteiger charge is -2.19.